The molecule has 0 unspecified atom stereocenters. The molecule has 0 aliphatic rings. The molecule has 0 spiro atoms. The van der Waals surface area contributed by atoms with Crippen molar-refractivity contribution in [3.63, 3.8) is 0 Å². The molecule has 0 amide bonds. The highest BCUT2D eigenvalue weighted by molar-refractivity contribution is 5.77. The zero-order valence-electron chi connectivity index (χ0n) is 7.18. The normalized spacial score (nSPS) is 10.0. The van der Waals surface area contributed by atoms with E-state index in [9.17, 15) is 4.79 Å². The van der Waals surface area contributed by atoms with Crippen LogP contribution in [0.2, 0.25) is 0 Å². The van der Waals surface area contributed by atoms with Crippen LogP contribution in [0.4, 0.5) is 5.82 Å². The number of hydrogen-bond acceptors (Lipinski definition) is 5. The Bertz CT molecular complexity index is 484. The third-order valence-electron chi connectivity index (χ3n) is 1.72. The van der Waals surface area contributed by atoms with Gasteiger partial charge in [0.15, 0.2) is 5.75 Å². The van der Waals surface area contributed by atoms with Crippen LogP contribution in [0.1, 0.15) is 0 Å². The molecule has 2 heterocycles. The molecule has 2 aromatic heterocycles. The molecule has 0 aromatic carbocycles. The summed E-state index contributed by atoms with van der Waals surface area (Å²) in [5, 5.41) is 0. The molecule has 0 aliphatic heterocycles. The van der Waals surface area contributed by atoms with Crippen molar-refractivity contribution in [3.8, 4) is 5.75 Å². The zero-order valence-corrected chi connectivity index (χ0v) is 7.18. The average Bonchev–Trinajstić information content (AvgIpc) is 2.17. The van der Waals surface area contributed by atoms with E-state index < -0.39 is 0 Å². The van der Waals surface area contributed by atoms with Gasteiger partial charge < -0.3 is 10.5 Å². The lowest BCUT2D eigenvalue weighted by Gasteiger charge is -2.00. The lowest BCUT2D eigenvalue weighted by atomic mass is 10.3. The molecule has 0 fully saturated rings. The van der Waals surface area contributed by atoms with Gasteiger partial charge in [0.25, 0.3) is 6.47 Å². The van der Waals surface area contributed by atoms with Gasteiger partial charge in [-0.2, -0.15) is 0 Å². The summed E-state index contributed by atoms with van der Waals surface area (Å²) in [6.07, 6.45) is 1.45. The number of nitrogens with zero attached hydrogens (tertiary/aromatic N) is 2. The second-order valence-electron chi connectivity index (χ2n) is 2.66. The number of carbonyl (C=O) groups excluding carboxylic acids is 1. The van der Waals surface area contributed by atoms with Crippen molar-refractivity contribution >= 4 is 23.3 Å². The second kappa shape index (κ2) is 3.29. The molecule has 0 saturated heterocycles. The van der Waals surface area contributed by atoms with E-state index in [0.717, 1.165) is 0 Å². The molecular weight excluding hydrogens is 182 g/mol. The molecule has 70 valence electrons. The van der Waals surface area contributed by atoms with Crippen LogP contribution in [0.3, 0.4) is 0 Å². The maximum absolute atomic E-state index is 10.1. The highest BCUT2D eigenvalue weighted by Crippen LogP contribution is 2.16. The fraction of sp³-hybridized carbons (Fsp3) is 0. The third kappa shape index (κ3) is 1.47. The Hall–Kier alpha value is -2.17. The quantitative estimate of drug-likeness (QED) is 0.705. The topological polar surface area (TPSA) is 78.1 Å². The number of nitrogen functional groups attached to an aromatic ring is 1. The van der Waals surface area contributed by atoms with Crippen LogP contribution in [-0.4, -0.2) is 16.4 Å². The standard InChI is InChI=1S/C9H7N3O2/c10-9-2-1-7-8(12-9)3-6(4-11-7)14-5-13/h1-5H,(H2,10,12). The molecule has 0 radical (unpaired) electrons. The van der Waals surface area contributed by atoms with Gasteiger partial charge in [0.1, 0.15) is 5.82 Å². The van der Waals surface area contributed by atoms with Gasteiger partial charge in [-0.05, 0) is 12.1 Å². The summed E-state index contributed by atoms with van der Waals surface area (Å²) < 4.78 is 4.63. The summed E-state index contributed by atoms with van der Waals surface area (Å²) in [7, 11) is 0. The van der Waals surface area contributed by atoms with Gasteiger partial charge in [0, 0.05) is 6.07 Å². The SMILES string of the molecule is Nc1ccc2ncc(OC=O)cc2n1. The molecule has 0 saturated carbocycles. The second-order valence-corrected chi connectivity index (χ2v) is 2.66. The predicted octanol–water partition coefficient (Wildman–Crippen LogP) is 0.747. The van der Waals surface area contributed by atoms with E-state index in [2.05, 4.69) is 14.7 Å². The van der Waals surface area contributed by atoms with Gasteiger partial charge >= 0.3 is 0 Å². The smallest absolute Gasteiger partial charge is 0.298 e. The highest BCUT2D eigenvalue weighted by Gasteiger charge is 1.99. The van der Waals surface area contributed by atoms with E-state index in [4.69, 9.17) is 5.73 Å². The molecule has 5 heteroatoms. The summed E-state index contributed by atoms with van der Waals surface area (Å²) in [6.45, 7) is 0.342. The first-order valence-corrected chi connectivity index (χ1v) is 3.92. The van der Waals surface area contributed by atoms with E-state index in [-0.39, 0.29) is 0 Å². The zero-order chi connectivity index (χ0) is 9.97. The van der Waals surface area contributed by atoms with Crippen LogP contribution in [0, 0.1) is 0 Å². The van der Waals surface area contributed by atoms with Gasteiger partial charge in [-0.1, -0.05) is 0 Å². The summed E-state index contributed by atoms with van der Waals surface area (Å²) in [6, 6.07) is 5.02. The molecule has 0 atom stereocenters. The minimum atomic E-state index is 0.342. The summed E-state index contributed by atoms with van der Waals surface area (Å²) in [5.41, 5.74) is 6.81. The Kier molecular flexibility index (Phi) is 1.98. The van der Waals surface area contributed by atoms with Crippen LogP contribution in [0.15, 0.2) is 24.4 Å². The maximum Gasteiger partial charge on any atom is 0.298 e. The molecular formula is C9H7N3O2. The monoisotopic (exact) mass is 189 g/mol. The van der Waals surface area contributed by atoms with Crippen LogP contribution >= 0.6 is 0 Å². The number of aromatic nitrogens is 2. The first kappa shape index (κ1) is 8.43. The van der Waals surface area contributed by atoms with E-state index in [1.165, 1.54) is 6.20 Å². The number of nitrogens with two attached hydrogens (primary N) is 1. The first-order chi connectivity index (χ1) is 6.79. The minimum absolute atomic E-state index is 0.342. The Balaban J connectivity index is 2.57. The molecule has 0 bridgehead atoms. The number of hydrogen-bond donors (Lipinski definition) is 1. The number of carbonyl (C=O) groups is 1. The lowest BCUT2D eigenvalue weighted by molar-refractivity contribution is -0.120. The molecule has 2 N–H and O–H groups in total. The Morgan fingerprint density at radius 3 is 3.00 bits per heavy atom. The molecule has 2 rings (SSSR count). The number of fused-ring (bicyclic) bond motifs is 1. The largest absolute Gasteiger partial charge is 0.427 e. The number of rotatable bonds is 2. The maximum atomic E-state index is 10.1. The highest BCUT2D eigenvalue weighted by atomic mass is 16.5. The van der Waals surface area contributed by atoms with E-state index in [0.29, 0.717) is 29.1 Å². The average molecular weight is 189 g/mol. The van der Waals surface area contributed by atoms with E-state index >= 15 is 0 Å². The van der Waals surface area contributed by atoms with Gasteiger partial charge in [-0.25, -0.2) is 4.98 Å². The Morgan fingerprint density at radius 1 is 1.36 bits per heavy atom. The molecule has 14 heavy (non-hydrogen) atoms. The summed E-state index contributed by atoms with van der Waals surface area (Å²) >= 11 is 0. The summed E-state index contributed by atoms with van der Waals surface area (Å²) in [4.78, 5) is 18.2. The van der Waals surface area contributed by atoms with Crippen molar-refractivity contribution < 1.29 is 9.53 Å². The van der Waals surface area contributed by atoms with E-state index in [1.807, 2.05) is 0 Å². The summed E-state index contributed by atoms with van der Waals surface area (Å²) in [5.74, 6) is 0.758. The molecule has 0 aliphatic carbocycles. The minimum Gasteiger partial charge on any atom is -0.427 e. The van der Waals surface area contributed by atoms with Crippen LogP contribution < -0.4 is 10.5 Å². The Morgan fingerprint density at radius 2 is 2.21 bits per heavy atom. The van der Waals surface area contributed by atoms with Crippen molar-refractivity contribution in [1.29, 1.82) is 0 Å². The number of pyridine rings is 2. The number of ether oxygens (including phenoxy) is 1. The van der Waals surface area contributed by atoms with Crippen molar-refractivity contribution in [3.05, 3.63) is 24.4 Å². The molecule has 2 aromatic rings. The Labute approximate surface area is 79.5 Å². The van der Waals surface area contributed by atoms with Crippen LogP contribution in [0.5, 0.6) is 5.75 Å². The van der Waals surface area contributed by atoms with Crippen molar-refractivity contribution in [1.82, 2.24) is 9.97 Å². The van der Waals surface area contributed by atoms with Gasteiger partial charge in [-0.3, -0.25) is 9.78 Å². The fourth-order valence-electron chi connectivity index (χ4n) is 1.12. The fourth-order valence-corrected chi connectivity index (χ4v) is 1.12. The van der Waals surface area contributed by atoms with E-state index in [1.54, 1.807) is 18.2 Å². The third-order valence-corrected chi connectivity index (χ3v) is 1.72. The van der Waals surface area contributed by atoms with Crippen molar-refractivity contribution in [2.75, 3.05) is 5.73 Å². The lowest BCUT2D eigenvalue weighted by Crippen LogP contribution is -1.93. The molecule has 5 nitrogen and oxygen atoms in total. The van der Waals surface area contributed by atoms with Crippen molar-refractivity contribution in [2.24, 2.45) is 0 Å². The van der Waals surface area contributed by atoms with Crippen LogP contribution in [0.25, 0.3) is 11.0 Å². The van der Waals surface area contributed by atoms with Crippen molar-refractivity contribution in [2.45, 2.75) is 0 Å². The van der Waals surface area contributed by atoms with Gasteiger partial charge in [0.2, 0.25) is 0 Å². The predicted molar refractivity (Wildman–Crippen MR) is 50.6 cm³/mol. The van der Waals surface area contributed by atoms with Gasteiger partial charge in [-0.15, -0.1) is 0 Å². The first-order valence-electron chi connectivity index (χ1n) is 3.92. The van der Waals surface area contributed by atoms with Gasteiger partial charge in [0.05, 0.1) is 17.2 Å². The number of anilines is 1. The van der Waals surface area contributed by atoms with Crippen LogP contribution in [-0.2, 0) is 4.79 Å².